The van der Waals surface area contributed by atoms with E-state index in [0.29, 0.717) is 26.5 Å². The number of amidine groups is 1. The number of hydrogen-bond donors (Lipinski definition) is 0. The molecule has 0 aliphatic carbocycles. The van der Waals surface area contributed by atoms with Crippen LogP contribution < -0.4 is 4.90 Å². The second-order valence-corrected chi connectivity index (χ2v) is 11.1. The molecule has 1 amide bonds. The van der Waals surface area contributed by atoms with Crippen molar-refractivity contribution >= 4 is 61.6 Å². The number of benzene rings is 2. The minimum Gasteiger partial charge on any atom is -0.314 e. The van der Waals surface area contributed by atoms with Crippen molar-refractivity contribution in [3.63, 3.8) is 0 Å². The van der Waals surface area contributed by atoms with E-state index in [-0.39, 0.29) is 35.0 Å². The molecule has 5 nitrogen and oxygen atoms in total. The van der Waals surface area contributed by atoms with Crippen molar-refractivity contribution in [2.24, 2.45) is 4.99 Å². The second kappa shape index (κ2) is 7.91. The first kappa shape index (κ1) is 20.7. The van der Waals surface area contributed by atoms with Crippen LogP contribution in [0.1, 0.15) is 5.56 Å². The molecule has 2 saturated heterocycles. The summed E-state index contributed by atoms with van der Waals surface area (Å²) in [5.74, 6) is -0.819. The number of hydrogen-bond acceptors (Lipinski definition) is 4. The Hall–Kier alpha value is -1.61. The molecule has 4 rings (SSSR count). The van der Waals surface area contributed by atoms with E-state index in [1.165, 1.54) is 36.0 Å². The van der Waals surface area contributed by atoms with Crippen molar-refractivity contribution in [3.8, 4) is 0 Å². The summed E-state index contributed by atoms with van der Waals surface area (Å²) >= 11 is 13.7. The van der Waals surface area contributed by atoms with Gasteiger partial charge in [0, 0.05) is 10.3 Å². The highest BCUT2D eigenvalue weighted by Crippen LogP contribution is 2.43. The Labute approximate surface area is 181 Å². The average Bonchev–Trinajstić information content (AvgIpc) is 3.10. The number of thioether (sulfide) groups is 1. The average molecular weight is 473 g/mol. The van der Waals surface area contributed by atoms with E-state index < -0.39 is 15.7 Å². The molecule has 2 atom stereocenters. The summed E-state index contributed by atoms with van der Waals surface area (Å²) < 4.78 is 37.3. The Bertz CT molecular complexity index is 1110. The first-order chi connectivity index (χ1) is 13.7. The van der Waals surface area contributed by atoms with Crippen LogP contribution in [-0.2, 0) is 21.1 Å². The van der Waals surface area contributed by atoms with Crippen LogP contribution in [0.2, 0.25) is 10.0 Å². The molecule has 0 radical (unpaired) electrons. The Morgan fingerprint density at radius 3 is 2.62 bits per heavy atom. The van der Waals surface area contributed by atoms with Gasteiger partial charge in [-0.2, -0.15) is 4.99 Å². The summed E-state index contributed by atoms with van der Waals surface area (Å²) in [5.41, 5.74) is 1.16. The number of sulfone groups is 1. The number of rotatable bonds is 3. The third kappa shape index (κ3) is 4.45. The summed E-state index contributed by atoms with van der Waals surface area (Å²) in [7, 11) is -3.19. The summed E-state index contributed by atoms with van der Waals surface area (Å²) in [6.45, 7) is 0. The van der Waals surface area contributed by atoms with Crippen LogP contribution in [-0.4, -0.2) is 42.3 Å². The molecule has 29 heavy (non-hydrogen) atoms. The SMILES string of the molecule is O=C(Cc1ccc(F)cc1)N=C1SC2CS(=O)(=O)CC2N1c1cc(Cl)ccc1Cl. The van der Waals surface area contributed by atoms with Crippen molar-refractivity contribution in [3.05, 3.63) is 63.9 Å². The van der Waals surface area contributed by atoms with E-state index in [4.69, 9.17) is 23.2 Å². The van der Waals surface area contributed by atoms with E-state index in [1.54, 1.807) is 23.1 Å². The zero-order valence-corrected chi connectivity index (χ0v) is 18.0. The molecule has 2 aliphatic rings. The van der Waals surface area contributed by atoms with E-state index in [9.17, 15) is 17.6 Å². The fraction of sp³-hybridized carbons (Fsp3) is 0.263. The van der Waals surface area contributed by atoms with Gasteiger partial charge in [-0.05, 0) is 35.9 Å². The molecule has 2 aliphatic heterocycles. The molecule has 2 aromatic carbocycles. The maximum Gasteiger partial charge on any atom is 0.252 e. The summed E-state index contributed by atoms with van der Waals surface area (Å²) in [6, 6.07) is 10.1. The zero-order chi connectivity index (χ0) is 20.8. The van der Waals surface area contributed by atoms with Gasteiger partial charge in [0.15, 0.2) is 15.0 Å². The van der Waals surface area contributed by atoms with Crippen LogP contribution in [0.3, 0.4) is 0 Å². The van der Waals surface area contributed by atoms with Gasteiger partial charge < -0.3 is 4.90 Å². The smallest absolute Gasteiger partial charge is 0.252 e. The maximum atomic E-state index is 13.1. The molecule has 0 aromatic heterocycles. The van der Waals surface area contributed by atoms with Crippen LogP contribution in [0, 0.1) is 5.82 Å². The molecule has 2 fully saturated rings. The van der Waals surface area contributed by atoms with Gasteiger partial charge in [-0.15, -0.1) is 0 Å². The number of anilines is 1. The lowest BCUT2D eigenvalue weighted by Gasteiger charge is -2.25. The lowest BCUT2D eigenvalue weighted by Crippen LogP contribution is -2.38. The largest absolute Gasteiger partial charge is 0.314 e. The van der Waals surface area contributed by atoms with E-state index in [2.05, 4.69) is 4.99 Å². The highest BCUT2D eigenvalue weighted by Gasteiger charge is 2.49. The van der Waals surface area contributed by atoms with Gasteiger partial charge in [0.25, 0.3) is 5.91 Å². The van der Waals surface area contributed by atoms with Gasteiger partial charge in [-0.1, -0.05) is 47.1 Å². The van der Waals surface area contributed by atoms with Crippen molar-refractivity contribution < 1.29 is 17.6 Å². The molecule has 0 N–H and O–H groups in total. The standard InChI is InChI=1S/C19H15Cl2FN2O3S2/c20-12-3-6-14(21)15(8-12)24-16-9-29(26,27)10-17(16)28-19(24)23-18(25)7-11-1-4-13(22)5-2-11/h1-6,8,16-17H,7,9-10H2. The quantitative estimate of drug-likeness (QED) is 0.675. The summed E-state index contributed by atoms with van der Waals surface area (Å²) in [5, 5.41) is 0.980. The molecule has 2 aromatic rings. The topological polar surface area (TPSA) is 66.8 Å². The number of carbonyl (C=O) groups excluding carboxylic acids is 1. The predicted molar refractivity (Wildman–Crippen MR) is 115 cm³/mol. The first-order valence-corrected chi connectivity index (χ1v) is 12.1. The fourth-order valence-corrected chi connectivity index (χ4v) is 7.74. The molecule has 2 unspecified atom stereocenters. The van der Waals surface area contributed by atoms with Gasteiger partial charge in [0.2, 0.25) is 0 Å². The van der Waals surface area contributed by atoms with Gasteiger partial charge in [0.05, 0.1) is 34.7 Å². The second-order valence-electron chi connectivity index (χ2n) is 6.86. The lowest BCUT2D eigenvalue weighted by molar-refractivity contribution is -0.117. The molecule has 0 spiro atoms. The molecular weight excluding hydrogens is 458 g/mol. The molecule has 2 heterocycles. The van der Waals surface area contributed by atoms with Crippen LogP contribution in [0.4, 0.5) is 10.1 Å². The van der Waals surface area contributed by atoms with Gasteiger partial charge in [-0.25, -0.2) is 12.8 Å². The molecular formula is C19H15Cl2FN2O3S2. The first-order valence-electron chi connectivity index (χ1n) is 8.69. The van der Waals surface area contributed by atoms with E-state index >= 15 is 0 Å². The summed E-state index contributed by atoms with van der Waals surface area (Å²) in [4.78, 5) is 18.5. The Kier molecular flexibility index (Phi) is 5.63. The van der Waals surface area contributed by atoms with Gasteiger partial charge in [-0.3, -0.25) is 4.79 Å². The fourth-order valence-electron chi connectivity index (χ4n) is 3.44. The minimum atomic E-state index is -3.19. The Morgan fingerprint density at radius 2 is 1.90 bits per heavy atom. The highest BCUT2D eigenvalue weighted by atomic mass is 35.5. The van der Waals surface area contributed by atoms with E-state index in [0.717, 1.165) is 0 Å². The third-order valence-corrected chi connectivity index (χ3v) is 8.49. The normalized spacial score (nSPS) is 24.1. The van der Waals surface area contributed by atoms with Gasteiger partial charge >= 0.3 is 0 Å². The maximum absolute atomic E-state index is 13.1. The molecule has 0 saturated carbocycles. The number of nitrogens with zero attached hydrogens (tertiary/aromatic N) is 2. The zero-order valence-electron chi connectivity index (χ0n) is 14.9. The van der Waals surface area contributed by atoms with Crippen LogP contribution in [0.5, 0.6) is 0 Å². The minimum absolute atomic E-state index is 0.00902. The van der Waals surface area contributed by atoms with Crippen molar-refractivity contribution in [2.45, 2.75) is 17.7 Å². The molecule has 152 valence electrons. The van der Waals surface area contributed by atoms with Crippen molar-refractivity contribution in [1.82, 2.24) is 0 Å². The predicted octanol–water partition coefficient (Wildman–Crippen LogP) is 3.98. The number of aliphatic imine (C=N–C) groups is 1. The van der Waals surface area contributed by atoms with Crippen molar-refractivity contribution in [1.29, 1.82) is 0 Å². The van der Waals surface area contributed by atoms with Gasteiger partial charge in [0.1, 0.15) is 5.82 Å². The van der Waals surface area contributed by atoms with Crippen molar-refractivity contribution in [2.75, 3.05) is 16.4 Å². The number of amides is 1. The lowest BCUT2D eigenvalue weighted by atomic mass is 10.1. The van der Waals surface area contributed by atoms with Crippen LogP contribution in [0.15, 0.2) is 47.5 Å². The molecule has 0 bridgehead atoms. The van der Waals surface area contributed by atoms with E-state index in [1.807, 2.05) is 0 Å². The highest BCUT2D eigenvalue weighted by molar-refractivity contribution is 8.16. The van der Waals surface area contributed by atoms with Crippen LogP contribution >= 0.6 is 35.0 Å². The van der Waals surface area contributed by atoms with Crippen LogP contribution in [0.25, 0.3) is 0 Å². The number of fused-ring (bicyclic) bond motifs is 1. The molecule has 10 heteroatoms. The monoisotopic (exact) mass is 472 g/mol. The number of carbonyl (C=O) groups is 1. The Balaban J connectivity index is 1.67. The third-order valence-electron chi connectivity index (χ3n) is 4.72. The summed E-state index contributed by atoms with van der Waals surface area (Å²) in [6.07, 6.45) is 0.00902. The Morgan fingerprint density at radius 1 is 1.17 bits per heavy atom. The number of halogens is 3.